The predicted molar refractivity (Wildman–Crippen MR) is 67.6 cm³/mol. The quantitative estimate of drug-likeness (QED) is 0.825. The molecule has 1 aromatic carbocycles. The normalized spacial score (nSPS) is 11.1. The fraction of sp³-hybridized carbons (Fsp3) is 0.0909. The predicted octanol–water partition coefficient (Wildman–Crippen LogP) is 2.14. The smallest absolute Gasteiger partial charge is 0.216 e. The van der Waals surface area contributed by atoms with Gasteiger partial charge < -0.3 is 5.32 Å². The molecule has 0 aliphatic rings. The molecule has 18 heavy (non-hydrogen) atoms. The summed E-state index contributed by atoms with van der Waals surface area (Å²) in [5.41, 5.74) is 2.11. The Morgan fingerprint density at radius 1 is 1.56 bits per heavy atom. The summed E-state index contributed by atoms with van der Waals surface area (Å²) in [6.45, 7) is 1.94. The number of aromatic nitrogens is 4. The molecule has 0 aliphatic carbocycles. The molecule has 0 atom stereocenters. The zero-order valence-corrected chi connectivity index (χ0v) is 10.2. The molecule has 0 spiro atoms. The summed E-state index contributed by atoms with van der Waals surface area (Å²) in [6, 6.07) is 7.46. The van der Waals surface area contributed by atoms with Gasteiger partial charge in [-0.05, 0) is 29.8 Å². The van der Waals surface area contributed by atoms with Gasteiger partial charge in [-0.1, -0.05) is 17.7 Å². The number of benzene rings is 1. The average Bonchev–Trinajstić information content (AvgIpc) is 2.88. The second-order valence-electron chi connectivity index (χ2n) is 3.51. The number of hydrogen-bond acceptors (Lipinski definition) is 5. The van der Waals surface area contributed by atoms with Crippen molar-refractivity contribution in [2.75, 3.05) is 5.32 Å². The van der Waals surface area contributed by atoms with E-state index in [4.69, 9.17) is 16.9 Å². The molecule has 0 bridgehead atoms. The van der Waals surface area contributed by atoms with Gasteiger partial charge in [-0.15, -0.1) is 10.2 Å². The lowest BCUT2D eigenvalue weighted by Crippen LogP contribution is -1.94. The van der Waals surface area contributed by atoms with E-state index in [1.807, 2.05) is 19.1 Å². The Hall–Kier alpha value is -2.39. The molecule has 0 saturated carbocycles. The van der Waals surface area contributed by atoms with Crippen molar-refractivity contribution >= 4 is 22.9 Å². The van der Waals surface area contributed by atoms with Gasteiger partial charge >= 0.3 is 0 Å². The number of nitrogens with one attached hydrogen (secondary N) is 2. The van der Waals surface area contributed by atoms with E-state index < -0.39 is 0 Å². The van der Waals surface area contributed by atoms with Crippen molar-refractivity contribution in [2.45, 2.75) is 6.92 Å². The number of aromatic amines is 1. The molecule has 90 valence electrons. The summed E-state index contributed by atoms with van der Waals surface area (Å²) < 4.78 is 0. The molecule has 0 radical (unpaired) electrons. The third kappa shape index (κ3) is 2.64. The maximum absolute atomic E-state index is 8.99. The first-order chi connectivity index (χ1) is 8.70. The van der Waals surface area contributed by atoms with Crippen LogP contribution in [0.4, 0.5) is 5.69 Å². The minimum absolute atomic E-state index is 0.240. The summed E-state index contributed by atoms with van der Waals surface area (Å²) in [7, 11) is 0. The lowest BCUT2D eigenvalue weighted by atomic mass is 10.2. The number of anilines is 1. The summed E-state index contributed by atoms with van der Waals surface area (Å²) in [5.74, 6) is 0.240. The molecule has 0 aliphatic heterocycles. The SMILES string of the molecule is Cc1ccc(Cl)cc1NC=C(C#N)c1nn[nH]n1. The number of hydrogen-bond donors (Lipinski definition) is 2. The average molecular weight is 261 g/mol. The molecule has 1 aromatic heterocycles. The number of tetrazole rings is 1. The first-order valence-corrected chi connectivity index (χ1v) is 5.45. The number of halogens is 1. The molecule has 2 aromatic rings. The summed E-state index contributed by atoms with van der Waals surface area (Å²) in [6.07, 6.45) is 1.52. The Bertz CT molecular complexity index is 611. The highest BCUT2D eigenvalue weighted by molar-refractivity contribution is 6.30. The van der Waals surface area contributed by atoms with Crippen LogP contribution in [0, 0.1) is 18.3 Å². The number of aryl methyl sites for hydroxylation is 1. The largest absolute Gasteiger partial charge is 0.360 e. The number of H-pyrrole nitrogens is 1. The lowest BCUT2D eigenvalue weighted by Gasteiger charge is -2.05. The van der Waals surface area contributed by atoms with Gasteiger partial charge in [-0.25, -0.2) is 0 Å². The van der Waals surface area contributed by atoms with Crippen molar-refractivity contribution in [3.63, 3.8) is 0 Å². The molecule has 6 nitrogen and oxygen atoms in total. The number of nitriles is 1. The monoisotopic (exact) mass is 260 g/mol. The topological polar surface area (TPSA) is 90.3 Å². The van der Waals surface area contributed by atoms with Gasteiger partial charge in [0.1, 0.15) is 11.6 Å². The highest BCUT2D eigenvalue weighted by atomic mass is 35.5. The second kappa shape index (κ2) is 5.29. The molecular weight excluding hydrogens is 252 g/mol. The Balaban J connectivity index is 2.24. The van der Waals surface area contributed by atoms with E-state index in [0.717, 1.165) is 11.3 Å². The van der Waals surface area contributed by atoms with Crippen molar-refractivity contribution < 1.29 is 0 Å². The Morgan fingerprint density at radius 2 is 2.39 bits per heavy atom. The van der Waals surface area contributed by atoms with Gasteiger partial charge in [-0.3, -0.25) is 0 Å². The first kappa shape index (κ1) is 12.1. The van der Waals surface area contributed by atoms with Crippen LogP contribution in [-0.4, -0.2) is 20.6 Å². The van der Waals surface area contributed by atoms with Gasteiger partial charge in [0.15, 0.2) is 0 Å². The molecule has 2 N–H and O–H groups in total. The van der Waals surface area contributed by atoms with Crippen LogP contribution < -0.4 is 5.32 Å². The Morgan fingerprint density at radius 3 is 3.06 bits per heavy atom. The highest BCUT2D eigenvalue weighted by Gasteiger charge is 2.05. The van der Waals surface area contributed by atoms with Crippen LogP contribution in [0.3, 0.4) is 0 Å². The van der Waals surface area contributed by atoms with Gasteiger partial charge in [-0.2, -0.15) is 10.5 Å². The summed E-state index contributed by atoms with van der Waals surface area (Å²) in [4.78, 5) is 0. The van der Waals surface area contributed by atoms with E-state index in [1.165, 1.54) is 6.20 Å². The third-order valence-corrected chi connectivity index (χ3v) is 2.51. The van der Waals surface area contributed by atoms with E-state index in [-0.39, 0.29) is 11.4 Å². The zero-order chi connectivity index (χ0) is 13.0. The Labute approximate surface area is 108 Å². The van der Waals surface area contributed by atoms with Crippen LogP contribution in [0.15, 0.2) is 24.4 Å². The van der Waals surface area contributed by atoms with E-state index in [1.54, 1.807) is 12.1 Å². The minimum Gasteiger partial charge on any atom is -0.360 e. The van der Waals surface area contributed by atoms with Crippen molar-refractivity contribution in [1.82, 2.24) is 20.6 Å². The molecule has 0 saturated heterocycles. The minimum atomic E-state index is 0.240. The number of allylic oxidation sites excluding steroid dienone is 1. The lowest BCUT2D eigenvalue weighted by molar-refractivity contribution is 0.881. The van der Waals surface area contributed by atoms with E-state index in [0.29, 0.717) is 5.02 Å². The maximum atomic E-state index is 8.99. The van der Waals surface area contributed by atoms with Crippen molar-refractivity contribution in [1.29, 1.82) is 5.26 Å². The third-order valence-electron chi connectivity index (χ3n) is 2.28. The van der Waals surface area contributed by atoms with Crippen molar-refractivity contribution in [3.8, 4) is 6.07 Å². The molecule has 7 heteroatoms. The summed E-state index contributed by atoms with van der Waals surface area (Å²) >= 11 is 5.90. The molecular formula is C11H9ClN6. The number of nitrogens with zero attached hydrogens (tertiary/aromatic N) is 4. The molecule has 0 amide bonds. The fourth-order valence-corrected chi connectivity index (χ4v) is 1.49. The highest BCUT2D eigenvalue weighted by Crippen LogP contribution is 2.20. The van der Waals surface area contributed by atoms with Crippen LogP contribution in [-0.2, 0) is 0 Å². The molecule has 2 rings (SSSR count). The molecule has 0 fully saturated rings. The van der Waals surface area contributed by atoms with Crippen molar-refractivity contribution in [2.24, 2.45) is 0 Å². The van der Waals surface area contributed by atoms with Gasteiger partial charge in [0.05, 0.1) is 0 Å². The van der Waals surface area contributed by atoms with E-state index >= 15 is 0 Å². The van der Waals surface area contributed by atoms with Crippen LogP contribution in [0.5, 0.6) is 0 Å². The van der Waals surface area contributed by atoms with E-state index in [2.05, 4.69) is 25.9 Å². The number of rotatable bonds is 3. The summed E-state index contributed by atoms with van der Waals surface area (Å²) in [5, 5.41) is 25.8. The van der Waals surface area contributed by atoms with Gasteiger partial charge in [0.2, 0.25) is 5.82 Å². The fourth-order valence-electron chi connectivity index (χ4n) is 1.32. The Kier molecular flexibility index (Phi) is 3.55. The van der Waals surface area contributed by atoms with Crippen LogP contribution in [0.25, 0.3) is 5.57 Å². The van der Waals surface area contributed by atoms with Gasteiger partial charge in [0, 0.05) is 16.9 Å². The van der Waals surface area contributed by atoms with Crippen LogP contribution >= 0.6 is 11.6 Å². The second-order valence-corrected chi connectivity index (χ2v) is 3.95. The molecule has 0 unspecified atom stereocenters. The van der Waals surface area contributed by atoms with Crippen LogP contribution in [0.1, 0.15) is 11.4 Å². The first-order valence-electron chi connectivity index (χ1n) is 5.07. The van der Waals surface area contributed by atoms with E-state index in [9.17, 15) is 0 Å². The standard InChI is InChI=1S/C11H9ClN6/c1-7-2-3-9(12)4-10(7)14-6-8(5-13)11-15-17-18-16-11/h2-4,6,14H,1H3,(H,15,16,17,18). The van der Waals surface area contributed by atoms with Gasteiger partial charge in [0.25, 0.3) is 0 Å². The molecule has 1 heterocycles. The zero-order valence-electron chi connectivity index (χ0n) is 9.48. The van der Waals surface area contributed by atoms with Crippen LogP contribution in [0.2, 0.25) is 5.02 Å². The maximum Gasteiger partial charge on any atom is 0.216 e. The van der Waals surface area contributed by atoms with Crippen molar-refractivity contribution in [3.05, 3.63) is 40.8 Å².